The van der Waals surface area contributed by atoms with Crippen molar-refractivity contribution >= 4 is 34.9 Å². The van der Waals surface area contributed by atoms with E-state index < -0.39 is 39.5 Å². The fourth-order valence-corrected chi connectivity index (χ4v) is 4.79. The van der Waals surface area contributed by atoms with E-state index in [1.807, 2.05) is 0 Å². The van der Waals surface area contributed by atoms with Crippen LogP contribution in [-0.4, -0.2) is 50.8 Å². The van der Waals surface area contributed by atoms with Gasteiger partial charge < -0.3 is 10.4 Å². The van der Waals surface area contributed by atoms with Crippen LogP contribution in [0.25, 0.3) is 0 Å². The lowest BCUT2D eigenvalue weighted by Gasteiger charge is -2.29. The van der Waals surface area contributed by atoms with Gasteiger partial charge >= 0.3 is 0 Å². The minimum atomic E-state index is -3.89. The van der Waals surface area contributed by atoms with Gasteiger partial charge in [0.2, 0.25) is 10.0 Å². The molecule has 1 amide bonds. The number of aliphatic hydroxyl groups excluding tert-OH is 1. The molecule has 1 saturated heterocycles. The lowest BCUT2D eigenvalue weighted by atomic mass is 9.95. The van der Waals surface area contributed by atoms with Crippen LogP contribution in [0.4, 0.5) is 18.9 Å². The van der Waals surface area contributed by atoms with Gasteiger partial charge in [-0.25, -0.2) is 21.6 Å². The molecule has 0 saturated carbocycles. The summed E-state index contributed by atoms with van der Waals surface area (Å²) in [6.45, 7) is 0.320. The van der Waals surface area contributed by atoms with E-state index in [-0.39, 0.29) is 29.2 Å². The molecule has 0 radical (unpaired) electrons. The fourth-order valence-electron chi connectivity index (χ4n) is 3.07. The number of carbonyl (C=O) groups excluding carboxylic acids is 1. The number of hydrogen-bond acceptors (Lipinski definition) is 4. The van der Waals surface area contributed by atoms with Gasteiger partial charge in [0.25, 0.3) is 5.91 Å². The predicted octanol–water partition coefficient (Wildman–Crippen LogP) is 0.760. The molecule has 11 heteroatoms. The molecular weight excluding hydrogens is 408 g/mol. The number of halogens is 3. The minimum absolute atomic E-state index is 0.0450. The standard InChI is InChI=1S/C18H18BF3N2O4S/c19-13-2-1-10(18(26)23-11-8-14(20)17(22)15(21)9-11)7-16(13)29(27,28)24-5-3-12(25)4-6-24/h1-2,7-9,12,25H,3-6,19H2,(H,23,26). The highest BCUT2D eigenvalue weighted by atomic mass is 32.2. The normalized spacial score (nSPS) is 16.0. The number of hydrogen-bond donors (Lipinski definition) is 2. The molecule has 2 aromatic carbocycles. The third-order valence-corrected chi connectivity index (χ3v) is 6.77. The number of benzene rings is 2. The van der Waals surface area contributed by atoms with Crippen molar-refractivity contribution in [2.24, 2.45) is 0 Å². The number of rotatable bonds is 4. The smallest absolute Gasteiger partial charge is 0.255 e. The molecule has 6 nitrogen and oxygen atoms in total. The summed E-state index contributed by atoms with van der Waals surface area (Å²) >= 11 is 0. The van der Waals surface area contributed by atoms with Gasteiger partial charge in [0, 0.05) is 36.5 Å². The maximum absolute atomic E-state index is 13.3. The van der Waals surface area contributed by atoms with Crippen LogP contribution in [0.15, 0.2) is 35.2 Å². The Morgan fingerprint density at radius 2 is 1.69 bits per heavy atom. The summed E-state index contributed by atoms with van der Waals surface area (Å²) in [6, 6.07) is 5.26. The first-order chi connectivity index (χ1) is 13.6. The second-order valence-corrected chi connectivity index (χ2v) is 8.73. The van der Waals surface area contributed by atoms with E-state index in [4.69, 9.17) is 0 Å². The molecule has 0 atom stereocenters. The zero-order chi connectivity index (χ0) is 21.3. The molecule has 3 rings (SSSR count). The summed E-state index contributed by atoms with van der Waals surface area (Å²) in [6.07, 6.45) is 0.0940. The number of carbonyl (C=O) groups is 1. The van der Waals surface area contributed by atoms with Gasteiger partial charge in [-0.15, -0.1) is 0 Å². The van der Waals surface area contributed by atoms with Crippen LogP contribution in [-0.2, 0) is 10.0 Å². The largest absolute Gasteiger partial charge is 0.393 e. The highest BCUT2D eigenvalue weighted by molar-refractivity contribution is 7.89. The lowest BCUT2D eigenvalue weighted by molar-refractivity contribution is 0.102. The summed E-state index contributed by atoms with van der Waals surface area (Å²) in [4.78, 5) is 12.4. The molecule has 0 aliphatic carbocycles. The summed E-state index contributed by atoms with van der Waals surface area (Å²) < 4.78 is 66.8. The SMILES string of the molecule is Bc1ccc(C(=O)Nc2cc(F)c(F)c(F)c2)cc1S(=O)(=O)N1CCC(O)CC1. The number of nitrogens with one attached hydrogen (secondary N) is 1. The zero-order valence-electron chi connectivity index (χ0n) is 15.5. The van der Waals surface area contributed by atoms with Gasteiger partial charge in [-0.2, -0.15) is 4.31 Å². The highest BCUT2D eigenvalue weighted by Gasteiger charge is 2.30. The first kappa shape index (κ1) is 21.3. The third kappa shape index (κ3) is 4.46. The van der Waals surface area contributed by atoms with E-state index in [0.29, 0.717) is 30.4 Å². The van der Waals surface area contributed by atoms with Crippen LogP contribution in [0, 0.1) is 17.5 Å². The van der Waals surface area contributed by atoms with Crippen molar-refractivity contribution in [2.45, 2.75) is 23.8 Å². The zero-order valence-corrected chi connectivity index (χ0v) is 16.3. The van der Waals surface area contributed by atoms with Gasteiger partial charge in [0.1, 0.15) is 7.85 Å². The average molecular weight is 426 g/mol. The predicted molar refractivity (Wildman–Crippen MR) is 103 cm³/mol. The first-order valence-electron chi connectivity index (χ1n) is 8.84. The van der Waals surface area contributed by atoms with Crippen molar-refractivity contribution in [2.75, 3.05) is 18.4 Å². The maximum Gasteiger partial charge on any atom is 0.255 e. The Hall–Kier alpha value is -2.37. The number of aliphatic hydroxyl groups is 1. The van der Waals surface area contributed by atoms with Crippen LogP contribution in [0.1, 0.15) is 23.2 Å². The van der Waals surface area contributed by atoms with Crippen molar-refractivity contribution in [3.05, 3.63) is 53.3 Å². The summed E-state index contributed by atoms with van der Waals surface area (Å²) in [5, 5.41) is 11.8. The van der Waals surface area contributed by atoms with E-state index in [1.54, 1.807) is 7.85 Å². The maximum atomic E-state index is 13.3. The summed E-state index contributed by atoms with van der Waals surface area (Å²) in [7, 11) is -2.31. The molecule has 1 aliphatic heterocycles. The van der Waals surface area contributed by atoms with Gasteiger partial charge in [-0.05, 0) is 25.0 Å². The Kier molecular flexibility index (Phi) is 6.01. The van der Waals surface area contributed by atoms with E-state index in [9.17, 15) is 31.5 Å². The molecule has 1 fully saturated rings. The van der Waals surface area contributed by atoms with Crippen molar-refractivity contribution in [1.29, 1.82) is 0 Å². The van der Waals surface area contributed by atoms with Crippen LogP contribution >= 0.6 is 0 Å². The van der Waals surface area contributed by atoms with Gasteiger partial charge in [0.05, 0.1) is 11.0 Å². The van der Waals surface area contributed by atoms with Crippen molar-refractivity contribution in [3.8, 4) is 0 Å². The lowest BCUT2D eigenvalue weighted by Crippen LogP contribution is -2.41. The van der Waals surface area contributed by atoms with Crippen LogP contribution in [0.2, 0.25) is 0 Å². The van der Waals surface area contributed by atoms with Gasteiger partial charge in [-0.3, -0.25) is 4.79 Å². The number of amides is 1. The van der Waals surface area contributed by atoms with Crippen molar-refractivity contribution in [3.63, 3.8) is 0 Å². The number of piperidine rings is 1. The molecule has 2 N–H and O–H groups in total. The van der Waals surface area contributed by atoms with Crippen LogP contribution in [0.5, 0.6) is 0 Å². The molecule has 0 aromatic heterocycles. The molecule has 0 unspecified atom stereocenters. The Bertz CT molecular complexity index is 1030. The molecule has 0 spiro atoms. The minimum Gasteiger partial charge on any atom is -0.393 e. The Morgan fingerprint density at radius 1 is 1.10 bits per heavy atom. The van der Waals surface area contributed by atoms with Gasteiger partial charge in [-0.1, -0.05) is 11.5 Å². The van der Waals surface area contributed by atoms with Crippen molar-refractivity contribution < 1.29 is 31.5 Å². The highest BCUT2D eigenvalue weighted by Crippen LogP contribution is 2.22. The number of anilines is 1. The molecule has 1 heterocycles. The average Bonchev–Trinajstić information content (AvgIpc) is 2.66. The third-order valence-electron chi connectivity index (χ3n) is 4.73. The molecule has 154 valence electrons. The Balaban J connectivity index is 1.87. The molecule has 0 bridgehead atoms. The van der Waals surface area contributed by atoms with E-state index in [1.165, 1.54) is 22.5 Å². The summed E-state index contributed by atoms with van der Waals surface area (Å²) in [5.41, 5.74) is 0.0734. The monoisotopic (exact) mass is 426 g/mol. The van der Waals surface area contributed by atoms with Crippen molar-refractivity contribution in [1.82, 2.24) is 4.31 Å². The van der Waals surface area contributed by atoms with E-state index in [2.05, 4.69) is 5.32 Å². The van der Waals surface area contributed by atoms with Crippen LogP contribution < -0.4 is 10.8 Å². The second-order valence-electron chi connectivity index (χ2n) is 6.82. The van der Waals surface area contributed by atoms with Gasteiger partial charge in [0.15, 0.2) is 17.5 Å². The molecular formula is C18H18BF3N2O4S. The number of sulfonamides is 1. The first-order valence-corrected chi connectivity index (χ1v) is 10.3. The Morgan fingerprint density at radius 3 is 2.28 bits per heavy atom. The topological polar surface area (TPSA) is 86.7 Å². The molecule has 29 heavy (non-hydrogen) atoms. The summed E-state index contributed by atoms with van der Waals surface area (Å²) in [5.74, 6) is -5.38. The number of nitrogens with zero attached hydrogens (tertiary/aromatic N) is 1. The van der Waals surface area contributed by atoms with E-state index >= 15 is 0 Å². The van der Waals surface area contributed by atoms with Crippen LogP contribution in [0.3, 0.4) is 0 Å². The molecule has 2 aromatic rings. The fraction of sp³-hybridized carbons (Fsp3) is 0.278. The molecule has 1 aliphatic rings. The quantitative estimate of drug-likeness (QED) is 0.559. The second kappa shape index (κ2) is 8.17. The van der Waals surface area contributed by atoms with E-state index in [0.717, 1.165) is 0 Å². The Labute approximate surface area is 166 Å².